The average Bonchev–Trinajstić information content (AvgIpc) is 2.69. The summed E-state index contributed by atoms with van der Waals surface area (Å²) in [7, 11) is -3.06. The molecule has 8 heteroatoms. The lowest BCUT2D eigenvalue weighted by Crippen LogP contribution is -2.31. The van der Waals surface area contributed by atoms with E-state index in [-0.39, 0.29) is 35.0 Å². The monoisotopic (exact) mass is 485 g/mol. The van der Waals surface area contributed by atoms with E-state index in [9.17, 15) is 21.6 Å². The van der Waals surface area contributed by atoms with Crippen molar-refractivity contribution in [2.75, 3.05) is 18.6 Å². The van der Waals surface area contributed by atoms with Crippen LogP contribution in [-0.2, 0) is 22.6 Å². The van der Waals surface area contributed by atoms with E-state index in [4.69, 9.17) is 4.74 Å². The minimum atomic E-state index is -4.54. The number of hydrogen-bond acceptors (Lipinski definition) is 4. The van der Waals surface area contributed by atoms with Gasteiger partial charge in [0, 0.05) is 19.3 Å². The summed E-state index contributed by atoms with van der Waals surface area (Å²) in [6.07, 6.45) is -0.144. The van der Waals surface area contributed by atoms with Crippen molar-refractivity contribution in [1.29, 1.82) is 0 Å². The van der Waals surface area contributed by atoms with E-state index in [0.717, 1.165) is 31.2 Å². The summed E-state index contributed by atoms with van der Waals surface area (Å²) >= 11 is 0. The van der Waals surface area contributed by atoms with Gasteiger partial charge in [-0.15, -0.1) is 0 Å². The Morgan fingerprint density at radius 2 is 1.70 bits per heavy atom. The van der Waals surface area contributed by atoms with Crippen LogP contribution in [0.3, 0.4) is 0 Å². The number of alkyl halides is 3. The van der Waals surface area contributed by atoms with Crippen molar-refractivity contribution in [3.63, 3.8) is 0 Å². The first-order chi connectivity index (χ1) is 15.2. The highest BCUT2D eigenvalue weighted by atomic mass is 32.2. The lowest BCUT2D eigenvalue weighted by molar-refractivity contribution is -0.138. The maximum Gasteiger partial charge on any atom is 0.420 e. The lowest BCUT2D eigenvalue weighted by atomic mass is 9.72. The third kappa shape index (κ3) is 7.09. The quantitative estimate of drug-likeness (QED) is 0.491. The van der Waals surface area contributed by atoms with Gasteiger partial charge in [0.15, 0.2) is 0 Å². The van der Waals surface area contributed by atoms with E-state index in [1.165, 1.54) is 18.4 Å². The zero-order valence-electron chi connectivity index (χ0n) is 19.8. The molecule has 0 heterocycles. The molecular formula is C25H34F3NO3S. The number of benzene rings is 2. The Morgan fingerprint density at radius 3 is 2.27 bits per heavy atom. The van der Waals surface area contributed by atoms with Gasteiger partial charge < -0.3 is 10.1 Å². The fourth-order valence-corrected chi connectivity index (χ4v) is 5.09. The molecule has 0 saturated heterocycles. The SMILES string of the molecule is CC(C)(C)[C@H]1CC[C@H](Oc2ccc3cc(CNCCS(C)(=O)=O)ccc3c2C(F)(F)F)CC1. The Balaban J connectivity index is 1.77. The molecule has 0 spiro atoms. The second-order valence-corrected chi connectivity index (χ2v) is 12.5. The summed E-state index contributed by atoms with van der Waals surface area (Å²) in [6, 6.07) is 7.93. The van der Waals surface area contributed by atoms with E-state index >= 15 is 0 Å². The largest absolute Gasteiger partial charge is 0.490 e. The summed E-state index contributed by atoms with van der Waals surface area (Å²) in [6.45, 7) is 7.29. The predicted molar refractivity (Wildman–Crippen MR) is 126 cm³/mol. The minimum Gasteiger partial charge on any atom is -0.490 e. The molecule has 0 aliphatic heterocycles. The zero-order chi connectivity index (χ0) is 24.4. The van der Waals surface area contributed by atoms with Crippen molar-refractivity contribution < 1.29 is 26.3 Å². The Hall–Kier alpha value is -1.80. The fraction of sp³-hybridized carbons (Fsp3) is 0.600. The minimum absolute atomic E-state index is 0.0111. The molecule has 2 aromatic carbocycles. The van der Waals surface area contributed by atoms with Gasteiger partial charge in [0.25, 0.3) is 0 Å². The molecule has 1 N–H and O–H groups in total. The van der Waals surface area contributed by atoms with Crippen molar-refractivity contribution in [2.24, 2.45) is 11.3 Å². The topological polar surface area (TPSA) is 55.4 Å². The third-order valence-electron chi connectivity index (χ3n) is 6.50. The summed E-state index contributed by atoms with van der Waals surface area (Å²) in [5.41, 5.74) is 0.260. The Bertz CT molecular complexity index is 1070. The molecule has 4 nitrogen and oxygen atoms in total. The van der Waals surface area contributed by atoms with Crippen LogP contribution in [0.1, 0.15) is 57.6 Å². The molecule has 0 aromatic heterocycles. The number of rotatable bonds is 7. The van der Waals surface area contributed by atoms with Crippen LogP contribution in [-0.4, -0.2) is 33.1 Å². The molecule has 0 amide bonds. The molecule has 2 aromatic rings. The van der Waals surface area contributed by atoms with Gasteiger partial charge in [0.1, 0.15) is 21.2 Å². The number of fused-ring (bicyclic) bond motifs is 1. The molecular weight excluding hydrogens is 451 g/mol. The van der Waals surface area contributed by atoms with Crippen LogP contribution in [0.15, 0.2) is 30.3 Å². The average molecular weight is 486 g/mol. The van der Waals surface area contributed by atoms with Gasteiger partial charge in [-0.2, -0.15) is 13.2 Å². The van der Waals surface area contributed by atoms with Crippen LogP contribution in [0.2, 0.25) is 0 Å². The number of nitrogens with one attached hydrogen (secondary N) is 1. The summed E-state index contributed by atoms with van der Waals surface area (Å²) < 4.78 is 70.6. The van der Waals surface area contributed by atoms with E-state index in [2.05, 4.69) is 26.1 Å². The molecule has 33 heavy (non-hydrogen) atoms. The summed E-state index contributed by atoms with van der Waals surface area (Å²) in [4.78, 5) is 0. The molecule has 0 bridgehead atoms. The first-order valence-corrected chi connectivity index (χ1v) is 13.5. The maximum absolute atomic E-state index is 14.1. The number of sulfone groups is 1. The Labute approximate surface area is 194 Å². The molecule has 1 aliphatic rings. The first kappa shape index (κ1) is 25.8. The Morgan fingerprint density at radius 1 is 1.03 bits per heavy atom. The van der Waals surface area contributed by atoms with Crippen molar-refractivity contribution in [1.82, 2.24) is 5.32 Å². The van der Waals surface area contributed by atoms with E-state index in [0.29, 0.717) is 17.8 Å². The molecule has 1 saturated carbocycles. The highest BCUT2D eigenvalue weighted by molar-refractivity contribution is 7.90. The molecule has 0 unspecified atom stereocenters. The van der Waals surface area contributed by atoms with Crippen LogP contribution < -0.4 is 10.1 Å². The van der Waals surface area contributed by atoms with E-state index in [1.54, 1.807) is 18.2 Å². The molecule has 1 fully saturated rings. The van der Waals surface area contributed by atoms with Gasteiger partial charge in [-0.3, -0.25) is 0 Å². The van der Waals surface area contributed by atoms with Gasteiger partial charge in [0.05, 0.1) is 11.9 Å². The van der Waals surface area contributed by atoms with Crippen molar-refractivity contribution >= 4 is 20.6 Å². The molecule has 1 aliphatic carbocycles. The zero-order valence-corrected chi connectivity index (χ0v) is 20.6. The number of halogens is 3. The second-order valence-electron chi connectivity index (χ2n) is 10.3. The van der Waals surface area contributed by atoms with Gasteiger partial charge >= 0.3 is 6.18 Å². The Kier molecular flexibility index (Phi) is 7.68. The van der Waals surface area contributed by atoms with Gasteiger partial charge in [-0.25, -0.2) is 8.42 Å². The van der Waals surface area contributed by atoms with Crippen molar-refractivity contribution in [3.8, 4) is 5.75 Å². The normalized spacial score (nSPS) is 20.2. The standard InChI is InChI=1S/C25H34F3NO3S/c1-24(2,3)19-7-9-20(10-8-19)32-22-12-6-18-15-17(16-29-13-14-33(4,30)31)5-11-21(18)23(22)25(26,27)28/h5-6,11-12,15,19-20,29H,7-10,13-14,16H2,1-4H3/t19-,20-. The second kappa shape index (κ2) is 9.82. The van der Waals surface area contributed by atoms with Crippen LogP contribution >= 0.6 is 0 Å². The lowest BCUT2D eigenvalue weighted by Gasteiger charge is -2.37. The maximum atomic E-state index is 14.1. The highest BCUT2D eigenvalue weighted by Gasteiger charge is 2.38. The van der Waals surface area contributed by atoms with Crippen molar-refractivity contribution in [2.45, 2.75) is 65.3 Å². The first-order valence-electron chi connectivity index (χ1n) is 11.4. The highest BCUT2D eigenvalue weighted by Crippen LogP contribution is 2.44. The van der Waals surface area contributed by atoms with E-state index < -0.39 is 21.6 Å². The van der Waals surface area contributed by atoms with Gasteiger partial charge in [-0.1, -0.05) is 39.0 Å². The molecule has 184 valence electrons. The predicted octanol–water partition coefficient (Wildman–Crippen LogP) is 5.98. The summed E-state index contributed by atoms with van der Waals surface area (Å²) in [5, 5.41) is 3.62. The number of ether oxygens (including phenoxy) is 1. The van der Waals surface area contributed by atoms with Crippen LogP contribution in [0, 0.1) is 11.3 Å². The van der Waals surface area contributed by atoms with Crippen LogP contribution in [0.5, 0.6) is 5.75 Å². The fourth-order valence-electron chi connectivity index (χ4n) is 4.58. The van der Waals surface area contributed by atoms with Crippen LogP contribution in [0.4, 0.5) is 13.2 Å². The third-order valence-corrected chi connectivity index (χ3v) is 7.45. The number of hydrogen-bond donors (Lipinski definition) is 1. The molecule has 3 rings (SSSR count). The van der Waals surface area contributed by atoms with Gasteiger partial charge in [0.2, 0.25) is 0 Å². The summed E-state index contributed by atoms with van der Waals surface area (Å²) in [5.74, 6) is 0.464. The van der Waals surface area contributed by atoms with Crippen LogP contribution in [0.25, 0.3) is 10.8 Å². The van der Waals surface area contributed by atoms with Crippen molar-refractivity contribution in [3.05, 3.63) is 41.5 Å². The molecule has 0 radical (unpaired) electrons. The van der Waals surface area contributed by atoms with E-state index in [1.807, 2.05) is 0 Å². The van der Waals surface area contributed by atoms with Gasteiger partial charge in [-0.05, 0) is 65.5 Å². The smallest absolute Gasteiger partial charge is 0.420 e. The molecule has 0 atom stereocenters.